The topological polar surface area (TPSA) is 84.7 Å². The summed E-state index contributed by atoms with van der Waals surface area (Å²) in [5.74, 6) is -6.53. The summed E-state index contributed by atoms with van der Waals surface area (Å²) in [6, 6.07) is 14.2. The number of esters is 1. The van der Waals surface area contributed by atoms with Gasteiger partial charge in [0.2, 0.25) is 11.6 Å². The number of benzene rings is 2. The van der Waals surface area contributed by atoms with Gasteiger partial charge in [0.05, 0.1) is 18.2 Å². The molecule has 1 heterocycles. The summed E-state index contributed by atoms with van der Waals surface area (Å²) in [7, 11) is 1.27. The van der Waals surface area contributed by atoms with Gasteiger partial charge in [0.1, 0.15) is 18.3 Å². The molecule has 0 fully saturated rings. The van der Waals surface area contributed by atoms with Gasteiger partial charge in [0.25, 0.3) is 11.8 Å². The Morgan fingerprint density at radius 1 is 1.08 bits per heavy atom. The average molecular weight is 528 g/mol. The van der Waals surface area contributed by atoms with Crippen LogP contribution < -0.4 is 14.4 Å². The number of likely N-dealkylation sites (N-methyl/N-ethyl adjacent to an activating group) is 1. The van der Waals surface area contributed by atoms with E-state index in [2.05, 4.69) is 4.98 Å². The first-order valence-electron chi connectivity index (χ1n) is 12.0. The van der Waals surface area contributed by atoms with E-state index in [0.29, 0.717) is 6.42 Å². The van der Waals surface area contributed by atoms with Gasteiger partial charge < -0.3 is 19.1 Å². The van der Waals surface area contributed by atoms with Crippen LogP contribution in [0.4, 0.5) is 18.9 Å². The Hall–Kier alpha value is -4.26. The lowest BCUT2D eigenvalue weighted by atomic mass is 9.97. The second-order valence-corrected chi connectivity index (χ2v) is 8.53. The number of carbonyl (C=O) groups excluding carboxylic acids is 1. The Labute approximate surface area is 219 Å². The molecule has 3 aromatic rings. The zero-order valence-corrected chi connectivity index (χ0v) is 21.5. The van der Waals surface area contributed by atoms with Crippen LogP contribution in [0.1, 0.15) is 38.3 Å². The van der Waals surface area contributed by atoms with Gasteiger partial charge in [-0.1, -0.05) is 50.6 Å². The van der Waals surface area contributed by atoms with E-state index in [0.717, 1.165) is 10.5 Å². The van der Waals surface area contributed by atoms with Crippen LogP contribution >= 0.6 is 0 Å². The number of hydrogen-bond acceptors (Lipinski definition) is 7. The molecule has 200 valence electrons. The van der Waals surface area contributed by atoms with Crippen molar-refractivity contribution in [2.75, 3.05) is 18.6 Å². The van der Waals surface area contributed by atoms with Gasteiger partial charge in [-0.05, 0) is 30.5 Å². The summed E-state index contributed by atoms with van der Waals surface area (Å²) in [6.07, 6.45) is 0.483. The van der Waals surface area contributed by atoms with Gasteiger partial charge >= 0.3 is 5.97 Å². The summed E-state index contributed by atoms with van der Waals surface area (Å²) in [5.41, 5.74) is 0.152. The number of nitriles is 1. The molecule has 0 aliphatic rings. The van der Waals surface area contributed by atoms with Gasteiger partial charge in [0, 0.05) is 13.1 Å². The predicted molar refractivity (Wildman–Crippen MR) is 134 cm³/mol. The van der Waals surface area contributed by atoms with E-state index in [4.69, 9.17) is 14.2 Å². The molecule has 2 unspecified atom stereocenters. The van der Waals surface area contributed by atoms with Gasteiger partial charge in [-0.2, -0.15) is 23.4 Å². The first-order valence-corrected chi connectivity index (χ1v) is 12.0. The normalized spacial score (nSPS) is 12.3. The summed E-state index contributed by atoms with van der Waals surface area (Å²) in [6.45, 7) is 5.31. The lowest BCUT2D eigenvalue weighted by Gasteiger charge is -2.32. The minimum absolute atomic E-state index is 0.0601. The second-order valence-electron chi connectivity index (χ2n) is 8.53. The van der Waals surface area contributed by atoms with Gasteiger partial charge in [-0.25, -0.2) is 4.79 Å². The van der Waals surface area contributed by atoms with Crippen molar-refractivity contribution in [3.8, 4) is 23.4 Å². The van der Waals surface area contributed by atoms with Gasteiger partial charge in [0.15, 0.2) is 11.5 Å². The molecule has 0 radical (unpaired) electrons. The van der Waals surface area contributed by atoms with Crippen molar-refractivity contribution >= 4 is 11.7 Å². The molecule has 0 saturated heterocycles. The molecule has 0 spiro atoms. The maximum Gasteiger partial charge on any atom is 0.329 e. The number of carbonyl (C=O) groups is 1. The summed E-state index contributed by atoms with van der Waals surface area (Å²) >= 11 is 0. The molecule has 0 bridgehead atoms. The summed E-state index contributed by atoms with van der Waals surface area (Å²) in [4.78, 5) is 17.0. The Kier molecular flexibility index (Phi) is 9.55. The van der Waals surface area contributed by atoms with E-state index < -0.39 is 41.2 Å². The fourth-order valence-corrected chi connectivity index (χ4v) is 3.84. The van der Waals surface area contributed by atoms with E-state index >= 15 is 4.39 Å². The zero-order valence-electron chi connectivity index (χ0n) is 21.5. The Bertz CT molecular complexity index is 1310. The van der Waals surface area contributed by atoms with Crippen LogP contribution in [-0.4, -0.2) is 30.6 Å². The highest BCUT2D eigenvalue weighted by molar-refractivity contribution is 5.80. The SMILES string of the molecule is CCOC(=O)C(C(C)CC)N(C)c1c(F)c(F)nc(Oc2cc(C#N)ccc2OCc2ccccc2)c1F. The highest BCUT2D eigenvalue weighted by Gasteiger charge is 2.35. The molecule has 1 aromatic heterocycles. The van der Waals surface area contributed by atoms with Crippen LogP contribution in [0.3, 0.4) is 0 Å². The lowest BCUT2D eigenvalue weighted by molar-refractivity contribution is -0.146. The van der Waals surface area contributed by atoms with Crippen molar-refractivity contribution in [2.24, 2.45) is 5.92 Å². The van der Waals surface area contributed by atoms with Crippen molar-refractivity contribution in [3.05, 3.63) is 77.2 Å². The van der Waals surface area contributed by atoms with Crippen molar-refractivity contribution in [1.82, 2.24) is 4.98 Å². The largest absolute Gasteiger partial charge is 0.485 e. The lowest BCUT2D eigenvalue weighted by Crippen LogP contribution is -2.45. The van der Waals surface area contributed by atoms with E-state index in [1.54, 1.807) is 20.8 Å². The monoisotopic (exact) mass is 527 g/mol. The van der Waals surface area contributed by atoms with E-state index in [-0.39, 0.29) is 36.2 Å². The molecule has 7 nitrogen and oxygen atoms in total. The van der Waals surface area contributed by atoms with Crippen molar-refractivity contribution in [1.29, 1.82) is 5.26 Å². The highest BCUT2D eigenvalue weighted by atomic mass is 19.2. The number of aromatic nitrogens is 1. The predicted octanol–water partition coefficient (Wildman–Crippen LogP) is 6.16. The fraction of sp³-hybridized carbons (Fsp3) is 0.321. The molecule has 38 heavy (non-hydrogen) atoms. The summed E-state index contributed by atoms with van der Waals surface area (Å²) < 4.78 is 61.7. The van der Waals surface area contributed by atoms with Crippen LogP contribution in [0, 0.1) is 34.8 Å². The minimum atomic E-state index is -1.63. The van der Waals surface area contributed by atoms with Crippen LogP contribution in [0.15, 0.2) is 48.5 Å². The number of pyridine rings is 1. The third kappa shape index (κ3) is 6.35. The summed E-state index contributed by atoms with van der Waals surface area (Å²) in [5, 5.41) is 9.31. The molecule has 3 rings (SSSR count). The maximum absolute atomic E-state index is 15.7. The fourth-order valence-electron chi connectivity index (χ4n) is 3.84. The molecule has 2 atom stereocenters. The van der Waals surface area contributed by atoms with Crippen LogP contribution in [-0.2, 0) is 16.1 Å². The molecule has 0 N–H and O–H groups in total. The third-order valence-corrected chi connectivity index (χ3v) is 5.98. The Balaban J connectivity index is 2.03. The second kappa shape index (κ2) is 12.8. The number of anilines is 1. The molecule has 2 aromatic carbocycles. The van der Waals surface area contributed by atoms with Crippen LogP contribution in [0.5, 0.6) is 17.4 Å². The molecule has 0 aliphatic carbocycles. The quantitative estimate of drug-likeness (QED) is 0.218. The minimum Gasteiger partial charge on any atom is -0.485 e. The molecule has 0 aliphatic heterocycles. The number of hydrogen-bond donors (Lipinski definition) is 0. The molecular weight excluding hydrogens is 499 g/mol. The van der Waals surface area contributed by atoms with Crippen molar-refractivity contribution < 1.29 is 32.2 Å². The van der Waals surface area contributed by atoms with Crippen LogP contribution in [0.25, 0.3) is 0 Å². The first kappa shape index (κ1) is 28.3. The first-order chi connectivity index (χ1) is 18.2. The van der Waals surface area contributed by atoms with E-state index in [1.807, 2.05) is 36.4 Å². The van der Waals surface area contributed by atoms with Crippen molar-refractivity contribution in [2.45, 2.75) is 39.8 Å². The third-order valence-electron chi connectivity index (χ3n) is 5.98. The average Bonchev–Trinajstić information content (AvgIpc) is 2.91. The van der Waals surface area contributed by atoms with E-state index in [1.165, 1.54) is 25.2 Å². The van der Waals surface area contributed by atoms with Gasteiger partial charge in [-0.15, -0.1) is 0 Å². The molecule has 0 amide bonds. The van der Waals surface area contributed by atoms with E-state index in [9.17, 15) is 18.8 Å². The number of nitrogens with zero attached hydrogens (tertiary/aromatic N) is 3. The van der Waals surface area contributed by atoms with Gasteiger partial charge in [-0.3, -0.25) is 0 Å². The number of ether oxygens (including phenoxy) is 3. The van der Waals surface area contributed by atoms with Crippen LogP contribution in [0.2, 0.25) is 0 Å². The maximum atomic E-state index is 15.7. The number of halogens is 3. The smallest absolute Gasteiger partial charge is 0.329 e. The Morgan fingerprint density at radius 3 is 2.42 bits per heavy atom. The molecule has 10 heteroatoms. The zero-order chi connectivity index (χ0) is 27.8. The number of rotatable bonds is 11. The molecule has 0 saturated carbocycles. The molecular formula is C28H28F3N3O4. The standard InChI is InChI=1S/C28H28F3N3O4/c1-5-17(3)24(28(35)36-6-2)34(4)25-22(29)26(31)33-27(23(25)30)38-21-14-19(15-32)12-13-20(21)37-16-18-10-8-7-9-11-18/h7-14,17,24H,5-6,16H2,1-4H3. The van der Waals surface area contributed by atoms with Crippen molar-refractivity contribution in [3.63, 3.8) is 0 Å². The highest BCUT2D eigenvalue weighted by Crippen LogP contribution is 2.38. The Morgan fingerprint density at radius 2 is 1.79 bits per heavy atom.